The summed E-state index contributed by atoms with van der Waals surface area (Å²) < 4.78 is 5.41. The molecular formula is C16H26NO+. The fourth-order valence-corrected chi connectivity index (χ4v) is 3.11. The van der Waals surface area contributed by atoms with E-state index in [-0.39, 0.29) is 0 Å². The molecule has 1 aromatic carbocycles. The third-order valence-corrected chi connectivity index (χ3v) is 4.60. The highest BCUT2D eigenvalue weighted by Crippen LogP contribution is 2.27. The van der Waals surface area contributed by atoms with Crippen LogP contribution in [0.2, 0.25) is 0 Å². The number of benzene rings is 1. The molecule has 0 saturated heterocycles. The molecule has 1 saturated carbocycles. The monoisotopic (exact) mass is 248 g/mol. The van der Waals surface area contributed by atoms with Crippen molar-refractivity contribution in [3.8, 4) is 5.75 Å². The van der Waals surface area contributed by atoms with E-state index in [0.717, 1.165) is 30.2 Å². The van der Waals surface area contributed by atoms with Crippen molar-refractivity contribution in [1.82, 2.24) is 0 Å². The second-order valence-corrected chi connectivity index (χ2v) is 5.68. The second kappa shape index (κ2) is 6.24. The molecule has 0 aromatic heterocycles. The van der Waals surface area contributed by atoms with E-state index in [1.165, 1.54) is 24.8 Å². The highest BCUT2D eigenvalue weighted by Gasteiger charge is 2.29. The molecule has 0 unspecified atom stereocenters. The van der Waals surface area contributed by atoms with E-state index in [2.05, 4.69) is 37.4 Å². The first kappa shape index (κ1) is 13.4. The van der Waals surface area contributed by atoms with E-state index in [9.17, 15) is 0 Å². The molecule has 0 aliphatic heterocycles. The summed E-state index contributed by atoms with van der Waals surface area (Å²) in [7, 11) is 1.75. The van der Waals surface area contributed by atoms with Crippen molar-refractivity contribution in [2.75, 3.05) is 7.11 Å². The molecule has 1 aliphatic rings. The van der Waals surface area contributed by atoms with Crippen LogP contribution in [0.15, 0.2) is 24.3 Å². The Labute approximate surface area is 111 Å². The van der Waals surface area contributed by atoms with Crippen LogP contribution in [0, 0.1) is 11.8 Å². The molecule has 0 heterocycles. The van der Waals surface area contributed by atoms with Gasteiger partial charge in [-0.15, -0.1) is 0 Å². The summed E-state index contributed by atoms with van der Waals surface area (Å²) in [6.45, 7) is 5.84. The van der Waals surface area contributed by atoms with Crippen LogP contribution >= 0.6 is 0 Å². The quantitative estimate of drug-likeness (QED) is 0.870. The van der Waals surface area contributed by atoms with Gasteiger partial charge in [0.1, 0.15) is 12.3 Å². The Morgan fingerprint density at radius 1 is 1.22 bits per heavy atom. The minimum Gasteiger partial charge on any atom is -0.496 e. The lowest BCUT2D eigenvalue weighted by atomic mass is 9.78. The van der Waals surface area contributed by atoms with Gasteiger partial charge in [0, 0.05) is 11.5 Å². The maximum atomic E-state index is 5.41. The van der Waals surface area contributed by atoms with Crippen LogP contribution in [0.1, 0.15) is 38.7 Å². The standard InChI is InChI=1S/C16H25NO/c1-12-7-6-9-15(13(12)2)17-11-14-8-4-5-10-16(14)18-3/h4-5,8,10,12-13,15,17H,6-7,9,11H2,1-3H3/p+1/t12-,13-,15+/m1/s1. The Morgan fingerprint density at radius 3 is 2.78 bits per heavy atom. The van der Waals surface area contributed by atoms with Crippen molar-refractivity contribution in [1.29, 1.82) is 0 Å². The molecule has 2 rings (SSSR count). The van der Waals surface area contributed by atoms with Gasteiger partial charge in [0.15, 0.2) is 0 Å². The van der Waals surface area contributed by atoms with Crippen molar-refractivity contribution in [3.63, 3.8) is 0 Å². The first-order valence-electron chi connectivity index (χ1n) is 7.17. The summed E-state index contributed by atoms with van der Waals surface area (Å²) in [6, 6.07) is 9.13. The minimum atomic E-state index is 0.777. The second-order valence-electron chi connectivity index (χ2n) is 5.68. The predicted molar refractivity (Wildman–Crippen MR) is 74.6 cm³/mol. The van der Waals surface area contributed by atoms with Crippen molar-refractivity contribution in [2.24, 2.45) is 11.8 Å². The molecule has 3 atom stereocenters. The van der Waals surface area contributed by atoms with E-state index < -0.39 is 0 Å². The third-order valence-electron chi connectivity index (χ3n) is 4.60. The number of hydrogen-bond donors (Lipinski definition) is 1. The third kappa shape index (κ3) is 3.05. The van der Waals surface area contributed by atoms with E-state index in [1.54, 1.807) is 7.11 Å². The van der Waals surface area contributed by atoms with Gasteiger partial charge in [0.25, 0.3) is 0 Å². The van der Waals surface area contributed by atoms with Gasteiger partial charge in [0.05, 0.1) is 13.2 Å². The van der Waals surface area contributed by atoms with E-state index in [0.29, 0.717) is 0 Å². The molecule has 0 bridgehead atoms. The number of rotatable bonds is 4. The molecule has 18 heavy (non-hydrogen) atoms. The SMILES string of the molecule is COc1ccccc1C[NH2+][C@H]1CCC[C@@H](C)[C@H]1C. The van der Waals surface area contributed by atoms with Crippen LogP contribution in [0.3, 0.4) is 0 Å². The number of nitrogens with two attached hydrogens (primary N) is 1. The molecule has 0 amide bonds. The molecule has 2 nitrogen and oxygen atoms in total. The van der Waals surface area contributed by atoms with E-state index in [4.69, 9.17) is 4.74 Å². The highest BCUT2D eigenvalue weighted by molar-refractivity contribution is 5.32. The van der Waals surface area contributed by atoms with Crippen LogP contribution in [-0.4, -0.2) is 13.2 Å². The first-order chi connectivity index (χ1) is 8.72. The van der Waals surface area contributed by atoms with Crippen LogP contribution in [0.25, 0.3) is 0 Å². The summed E-state index contributed by atoms with van der Waals surface area (Å²) >= 11 is 0. The van der Waals surface area contributed by atoms with Crippen LogP contribution in [0.4, 0.5) is 0 Å². The zero-order valence-electron chi connectivity index (χ0n) is 11.9. The molecular weight excluding hydrogens is 222 g/mol. The van der Waals surface area contributed by atoms with Gasteiger partial charge in [-0.25, -0.2) is 0 Å². The Hall–Kier alpha value is -1.02. The lowest BCUT2D eigenvalue weighted by Crippen LogP contribution is -2.90. The average molecular weight is 248 g/mol. The van der Waals surface area contributed by atoms with Gasteiger partial charge in [-0.2, -0.15) is 0 Å². The molecule has 0 spiro atoms. The largest absolute Gasteiger partial charge is 0.496 e. The fraction of sp³-hybridized carbons (Fsp3) is 0.625. The van der Waals surface area contributed by atoms with Crippen molar-refractivity contribution in [3.05, 3.63) is 29.8 Å². The van der Waals surface area contributed by atoms with Crippen LogP contribution in [-0.2, 0) is 6.54 Å². The molecule has 1 aromatic rings. The van der Waals surface area contributed by atoms with Gasteiger partial charge in [-0.3, -0.25) is 0 Å². The average Bonchev–Trinajstić information content (AvgIpc) is 2.41. The van der Waals surface area contributed by atoms with Crippen molar-refractivity contribution < 1.29 is 10.1 Å². The lowest BCUT2D eigenvalue weighted by Gasteiger charge is -2.32. The van der Waals surface area contributed by atoms with Gasteiger partial charge < -0.3 is 10.1 Å². The van der Waals surface area contributed by atoms with Crippen molar-refractivity contribution >= 4 is 0 Å². The summed E-state index contributed by atoms with van der Waals surface area (Å²) in [5, 5.41) is 2.51. The molecule has 2 heteroatoms. The summed E-state index contributed by atoms with van der Waals surface area (Å²) in [6.07, 6.45) is 4.15. The zero-order valence-corrected chi connectivity index (χ0v) is 11.9. The first-order valence-corrected chi connectivity index (χ1v) is 7.17. The van der Waals surface area contributed by atoms with E-state index >= 15 is 0 Å². The Bertz CT molecular complexity index is 377. The van der Waals surface area contributed by atoms with Crippen LogP contribution < -0.4 is 10.1 Å². The van der Waals surface area contributed by atoms with Gasteiger partial charge in [-0.05, 0) is 37.3 Å². The maximum Gasteiger partial charge on any atom is 0.127 e. The minimum absolute atomic E-state index is 0.777. The Kier molecular flexibility index (Phi) is 4.65. The topological polar surface area (TPSA) is 25.8 Å². The smallest absolute Gasteiger partial charge is 0.127 e. The molecule has 0 radical (unpaired) electrons. The van der Waals surface area contributed by atoms with Gasteiger partial charge in [-0.1, -0.05) is 26.0 Å². The number of methoxy groups -OCH3 is 1. The number of hydrogen-bond acceptors (Lipinski definition) is 1. The molecule has 1 fully saturated rings. The predicted octanol–water partition coefficient (Wildman–Crippen LogP) is 2.58. The summed E-state index contributed by atoms with van der Waals surface area (Å²) in [5.74, 6) is 2.72. The Balaban J connectivity index is 1.94. The molecule has 1 aliphatic carbocycles. The molecule has 100 valence electrons. The van der Waals surface area contributed by atoms with E-state index in [1.807, 2.05) is 6.07 Å². The summed E-state index contributed by atoms with van der Waals surface area (Å²) in [5.41, 5.74) is 1.31. The zero-order chi connectivity index (χ0) is 13.0. The Morgan fingerprint density at radius 2 is 2.00 bits per heavy atom. The fourth-order valence-electron chi connectivity index (χ4n) is 3.11. The van der Waals surface area contributed by atoms with Gasteiger partial charge >= 0.3 is 0 Å². The molecule has 2 N–H and O–H groups in total. The van der Waals surface area contributed by atoms with Crippen molar-refractivity contribution in [2.45, 2.75) is 45.7 Å². The number of para-hydroxylation sites is 1. The highest BCUT2D eigenvalue weighted by atomic mass is 16.5. The summed E-state index contributed by atoms with van der Waals surface area (Å²) in [4.78, 5) is 0. The lowest BCUT2D eigenvalue weighted by molar-refractivity contribution is -0.713. The normalized spacial score (nSPS) is 28.1. The number of ether oxygens (including phenoxy) is 1. The maximum absolute atomic E-state index is 5.41. The van der Waals surface area contributed by atoms with Crippen LogP contribution in [0.5, 0.6) is 5.75 Å². The number of quaternary nitrogens is 1. The van der Waals surface area contributed by atoms with Gasteiger partial charge in [0.2, 0.25) is 0 Å².